The first-order chi connectivity index (χ1) is 6.07. The van der Waals surface area contributed by atoms with E-state index in [4.69, 9.17) is 10.5 Å². The van der Waals surface area contributed by atoms with Crippen molar-refractivity contribution in [3.05, 3.63) is 0 Å². The maximum atomic E-state index is 9.40. The quantitative estimate of drug-likeness (QED) is 0.378. The average Bonchev–Trinajstić information content (AvgIpc) is 2.11. The number of hydrogen-bond acceptors (Lipinski definition) is 6. The minimum absolute atomic E-state index is 0.0622. The van der Waals surface area contributed by atoms with E-state index in [1.54, 1.807) is 0 Å². The number of aliphatic hydroxyl groups is 3. The fraction of sp³-hybridized carbons (Fsp3) is 1.00. The van der Waals surface area contributed by atoms with Crippen molar-refractivity contribution in [2.24, 2.45) is 5.73 Å². The Morgan fingerprint density at radius 2 is 1.92 bits per heavy atom. The van der Waals surface area contributed by atoms with Crippen LogP contribution in [0.15, 0.2) is 0 Å². The molecule has 0 bridgehead atoms. The number of aliphatic hydroxyl groups excluding tert-OH is 3. The molecule has 13 heavy (non-hydrogen) atoms. The molecule has 1 aliphatic rings. The van der Waals surface area contributed by atoms with E-state index in [0.717, 1.165) is 0 Å². The molecule has 2 unspecified atom stereocenters. The van der Waals surface area contributed by atoms with Crippen molar-refractivity contribution in [3.63, 3.8) is 0 Å². The van der Waals surface area contributed by atoms with E-state index in [-0.39, 0.29) is 6.61 Å². The zero-order valence-corrected chi connectivity index (χ0v) is 8.06. The van der Waals surface area contributed by atoms with Crippen LogP contribution >= 0.6 is 9.47 Å². The van der Waals surface area contributed by atoms with E-state index in [1.165, 1.54) is 0 Å². The van der Waals surface area contributed by atoms with Crippen LogP contribution in [0.5, 0.6) is 0 Å². The molecule has 0 spiro atoms. The van der Waals surface area contributed by atoms with Gasteiger partial charge in [-0.3, -0.25) is 0 Å². The smallest absolute Gasteiger partial charge is 0.173 e. The van der Waals surface area contributed by atoms with Crippen molar-refractivity contribution in [1.82, 2.24) is 0 Å². The Morgan fingerprint density at radius 3 is 2.46 bits per heavy atom. The lowest BCUT2D eigenvalue weighted by Gasteiger charge is -2.38. The number of nitrogens with two attached hydrogens (primary N) is 1. The van der Waals surface area contributed by atoms with E-state index in [1.807, 2.05) is 9.47 Å². The summed E-state index contributed by atoms with van der Waals surface area (Å²) in [4.78, 5) is 0. The van der Waals surface area contributed by atoms with Gasteiger partial charge in [-0.2, -0.15) is 0 Å². The van der Waals surface area contributed by atoms with Gasteiger partial charge in [0.15, 0.2) is 6.29 Å². The van der Waals surface area contributed by atoms with Crippen LogP contribution in [0.1, 0.15) is 0 Å². The van der Waals surface area contributed by atoms with E-state index in [2.05, 4.69) is 4.52 Å². The Morgan fingerprint density at radius 1 is 1.31 bits per heavy atom. The van der Waals surface area contributed by atoms with E-state index in [9.17, 15) is 15.3 Å². The third-order valence-electron chi connectivity index (χ3n) is 2.03. The van der Waals surface area contributed by atoms with Gasteiger partial charge in [0.25, 0.3) is 0 Å². The summed E-state index contributed by atoms with van der Waals surface area (Å²) in [6.45, 7) is 0.0622. The van der Waals surface area contributed by atoms with Crippen LogP contribution in [-0.4, -0.2) is 52.6 Å². The Labute approximate surface area is 77.9 Å². The minimum atomic E-state index is -1.27. The molecule has 1 aliphatic heterocycles. The second-order valence-corrected chi connectivity index (χ2v) is 3.29. The predicted octanol–water partition coefficient (Wildman–Crippen LogP) is -2.44. The molecule has 1 fully saturated rings. The summed E-state index contributed by atoms with van der Waals surface area (Å²) in [7, 11) is 1.99. The van der Waals surface area contributed by atoms with Gasteiger partial charge >= 0.3 is 0 Å². The molecule has 0 aliphatic carbocycles. The van der Waals surface area contributed by atoms with Crippen molar-refractivity contribution in [1.29, 1.82) is 0 Å². The second-order valence-electron chi connectivity index (χ2n) is 2.96. The predicted molar refractivity (Wildman–Crippen MR) is 46.5 cm³/mol. The highest BCUT2D eigenvalue weighted by molar-refractivity contribution is 7.09. The van der Waals surface area contributed by atoms with E-state index >= 15 is 0 Å². The molecule has 0 aromatic rings. The lowest BCUT2D eigenvalue weighted by Crippen LogP contribution is -2.61. The molecule has 5 N–H and O–H groups in total. The Balaban J connectivity index is 2.59. The molecular weight excluding hydrogens is 197 g/mol. The summed E-state index contributed by atoms with van der Waals surface area (Å²) < 4.78 is 9.56. The Bertz CT molecular complexity index is 171. The first-order valence-electron chi connectivity index (χ1n) is 3.85. The summed E-state index contributed by atoms with van der Waals surface area (Å²) in [6, 6.07) is -0.990. The standard InChI is InChI=1S/C6H14NO5P/c7-3-5(9)4(8)2(1-11-13)12-6(3)10/h2-6,8-10H,1,7,13H2/t2-,3-,4-,5-,6?/m1/s1. The van der Waals surface area contributed by atoms with Crippen LogP contribution in [-0.2, 0) is 9.26 Å². The van der Waals surface area contributed by atoms with Crippen LogP contribution in [0, 0.1) is 0 Å². The summed E-state index contributed by atoms with van der Waals surface area (Å²) in [5.74, 6) is 0. The summed E-state index contributed by atoms with van der Waals surface area (Å²) in [5.41, 5.74) is 5.34. The maximum Gasteiger partial charge on any atom is 0.173 e. The van der Waals surface area contributed by atoms with Gasteiger partial charge in [-0.15, -0.1) is 0 Å². The summed E-state index contributed by atoms with van der Waals surface area (Å²) >= 11 is 0. The van der Waals surface area contributed by atoms with Gasteiger partial charge in [0.05, 0.1) is 12.6 Å². The van der Waals surface area contributed by atoms with Gasteiger partial charge in [0, 0.05) is 9.47 Å². The molecule has 1 rings (SSSR count). The van der Waals surface area contributed by atoms with Gasteiger partial charge in [-0.1, -0.05) is 0 Å². The van der Waals surface area contributed by atoms with Crippen LogP contribution in [0.2, 0.25) is 0 Å². The lowest BCUT2D eigenvalue weighted by molar-refractivity contribution is -0.246. The third-order valence-corrected chi connectivity index (χ3v) is 2.22. The molecule has 6 nitrogen and oxygen atoms in total. The summed E-state index contributed by atoms with van der Waals surface area (Å²) in [6.07, 6.45) is -4.38. The Kier molecular flexibility index (Phi) is 4.00. The van der Waals surface area contributed by atoms with Gasteiger partial charge in [0.2, 0.25) is 0 Å². The Hall–Kier alpha value is 0.190. The molecule has 78 valence electrons. The van der Waals surface area contributed by atoms with E-state index < -0.39 is 30.6 Å². The number of ether oxygens (including phenoxy) is 1. The fourth-order valence-electron chi connectivity index (χ4n) is 1.20. The van der Waals surface area contributed by atoms with Gasteiger partial charge in [-0.05, 0) is 0 Å². The molecule has 1 heterocycles. The minimum Gasteiger partial charge on any atom is -0.388 e. The first kappa shape index (κ1) is 11.3. The van der Waals surface area contributed by atoms with Crippen LogP contribution in [0.3, 0.4) is 0 Å². The van der Waals surface area contributed by atoms with Crippen molar-refractivity contribution < 1.29 is 24.6 Å². The lowest BCUT2D eigenvalue weighted by atomic mass is 9.98. The highest BCUT2D eigenvalue weighted by Crippen LogP contribution is 2.19. The highest BCUT2D eigenvalue weighted by Gasteiger charge is 2.41. The van der Waals surface area contributed by atoms with E-state index in [0.29, 0.717) is 0 Å². The average molecular weight is 211 g/mol. The molecule has 0 aromatic heterocycles. The molecule has 6 atom stereocenters. The SMILES string of the molecule is N[C@H]1C(O)O[C@H](COP)[C@@H](O)[C@@H]1O. The van der Waals surface area contributed by atoms with Crippen molar-refractivity contribution in [2.75, 3.05) is 6.61 Å². The normalized spacial score (nSPS) is 46.4. The zero-order valence-electron chi connectivity index (χ0n) is 6.91. The monoisotopic (exact) mass is 211 g/mol. The van der Waals surface area contributed by atoms with Crippen molar-refractivity contribution in [2.45, 2.75) is 30.6 Å². The van der Waals surface area contributed by atoms with Crippen molar-refractivity contribution >= 4 is 9.47 Å². The first-order valence-corrected chi connectivity index (χ1v) is 4.32. The van der Waals surface area contributed by atoms with Crippen LogP contribution < -0.4 is 5.73 Å². The van der Waals surface area contributed by atoms with Crippen molar-refractivity contribution in [3.8, 4) is 0 Å². The summed E-state index contributed by atoms with van der Waals surface area (Å²) in [5, 5.41) is 27.9. The third kappa shape index (κ3) is 2.35. The highest BCUT2D eigenvalue weighted by atomic mass is 31.0. The molecule has 0 amide bonds. The zero-order chi connectivity index (χ0) is 10.0. The van der Waals surface area contributed by atoms with Gasteiger partial charge in [0.1, 0.15) is 18.3 Å². The van der Waals surface area contributed by atoms with Gasteiger partial charge in [-0.25, -0.2) is 0 Å². The molecule has 1 saturated heterocycles. The van der Waals surface area contributed by atoms with Gasteiger partial charge < -0.3 is 30.3 Å². The molecule has 7 heteroatoms. The fourth-order valence-corrected chi connectivity index (χ4v) is 1.39. The molecule has 0 radical (unpaired) electrons. The molecular formula is C6H14NO5P. The van der Waals surface area contributed by atoms with Crippen LogP contribution in [0.4, 0.5) is 0 Å². The molecule has 0 aromatic carbocycles. The maximum absolute atomic E-state index is 9.40. The second kappa shape index (κ2) is 4.61. The topological polar surface area (TPSA) is 105 Å². The number of rotatable bonds is 2. The van der Waals surface area contributed by atoms with Crippen LogP contribution in [0.25, 0.3) is 0 Å². The molecule has 0 saturated carbocycles. The largest absolute Gasteiger partial charge is 0.388 e. The number of hydrogen-bond donors (Lipinski definition) is 4.